The Morgan fingerprint density at radius 1 is 1.39 bits per heavy atom. The Morgan fingerprint density at radius 2 is 2.22 bits per heavy atom. The van der Waals surface area contributed by atoms with Crippen molar-refractivity contribution < 1.29 is 14.4 Å². The van der Waals surface area contributed by atoms with Crippen LogP contribution in [0.5, 0.6) is 5.75 Å². The van der Waals surface area contributed by atoms with Crippen LogP contribution in [0.25, 0.3) is 10.4 Å². The second-order valence-electron chi connectivity index (χ2n) is 3.17. The Balaban J connectivity index is 2.24. The van der Waals surface area contributed by atoms with Crippen molar-refractivity contribution in [3.05, 3.63) is 44.8 Å². The van der Waals surface area contributed by atoms with Crippen molar-refractivity contribution in [2.45, 2.75) is 0 Å². The van der Waals surface area contributed by atoms with E-state index in [-0.39, 0.29) is 18.8 Å². The molecule has 0 aliphatic carbocycles. The first kappa shape index (κ1) is 13.8. The smallest absolute Gasteiger partial charge is 0.273 e. The number of nitro benzene ring substituents is 1. The van der Waals surface area contributed by atoms with E-state index in [0.29, 0.717) is 19.0 Å². The zero-order valence-electron chi connectivity index (χ0n) is 9.56. The van der Waals surface area contributed by atoms with E-state index in [2.05, 4.69) is 10.0 Å². The van der Waals surface area contributed by atoms with Crippen LogP contribution in [0.4, 0.5) is 5.69 Å². The summed E-state index contributed by atoms with van der Waals surface area (Å²) in [4.78, 5) is 12.6. The molecule has 1 rings (SSSR count). The first-order valence-electron chi connectivity index (χ1n) is 5.20. The lowest BCUT2D eigenvalue weighted by atomic mass is 10.3. The monoisotopic (exact) mass is 252 g/mol. The number of benzene rings is 1. The van der Waals surface area contributed by atoms with Crippen molar-refractivity contribution in [3.8, 4) is 5.75 Å². The molecule has 0 radical (unpaired) electrons. The summed E-state index contributed by atoms with van der Waals surface area (Å²) in [6.45, 7) is 1.19. The van der Waals surface area contributed by atoms with Crippen LogP contribution in [-0.4, -0.2) is 31.3 Å². The highest BCUT2D eigenvalue weighted by atomic mass is 16.6. The Labute approximate surface area is 103 Å². The molecule has 18 heavy (non-hydrogen) atoms. The molecule has 8 heteroatoms. The Hall–Kier alpha value is -2.31. The third-order valence-electron chi connectivity index (χ3n) is 1.92. The second-order valence-corrected chi connectivity index (χ2v) is 3.17. The predicted octanol–water partition coefficient (Wildman–Crippen LogP) is 2.30. The lowest BCUT2D eigenvalue weighted by molar-refractivity contribution is -0.384. The molecule has 0 saturated heterocycles. The summed E-state index contributed by atoms with van der Waals surface area (Å²) in [5.74, 6) is 0.419. The maximum atomic E-state index is 10.5. The van der Waals surface area contributed by atoms with Crippen molar-refractivity contribution >= 4 is 5.69 Å². The van der Waals surface area contributed by atoms with Crippen LogP contribution in [0.15, 0.2) is 29.4 Å². The molecule has 0 fully saturated rings. The van der Waals surface area contributed by atoms with Crippen molar-refractivity contribution in [2.75, 3.05) is 26.4 Å². The van der Waals surface area contributed by atoms with Gasteiger partial charge in [0.15, 0.2) is 0 Å². The van der Waals surface area contributed by atoms with E-state index < -0.39 is 4.92 Å². The molecule has 0 amide bonds. The molecular formula is C10H12N4O4. The van der Waals surface area contributed by atoms with Crippen molar-refractivity contribution in [3.63, 3.8) is 0 Å². The summed E-state index contributed by atoms with van der Waals surface area (Å²) in [7, 11) is 0. The summed E-state index contributed by atoms with van der Waals surface area (Å²) in [5.41, 5.74) is 7.99. The fourth-order valence-electron chi connectivity index (χ4n) is 1.16. The Kier molecular flexibility index (Phi) is 6.02. The fourth-order valence-corrected chi connectivity index (χ4v) is 1.16. The van der Waals surface area contributed by atoms with Crippen LogP contribution in [-0.2, 0) is 4.74 Å². The van der Waals surface area contributed by atoms with Gasteiger partial charge in [0.05, 0.1) is 24.2 Å². The maximum Gasteiger partial charge on any atom is 0.273 e. The molecule has 0 aromatic heterocycles. The SMILES string of the molecule is [N-]=[N+]=NCCOCCOc1cccc([N+](=O)[O-])c1. The van der Waals surface area contributed by atoms with E-state index in [1.54, 1.807) is 12.1 Å². The third kappa shape index (κ3) is 5.15. The Morgan fingerprint density at radius 3 is 2.94 bits per heavy atom. The van der Waals surface area contributed by atoms with E-state index in [1.165, 1.54) is 12.1 Å². The zero-order valence-corrected chi connectivity index (χ0v) is 9.56. The number of non-ortho nitro benzene ring substituents is 1. The predicted molar refractivity (Wildman–Crippen MR) is 63.4 cm³/mol. The summed E-state index contributed by atoms with van der Waals surface area (Å²) in [5, 5.41) is 13.8. The van der Waals surface area contributed by atoms with Gasteiger partial charge in [0, 0.05) is 17.5 Å². The van der Waals surface area contributed by atoms with Crippen LogP contribution >= 0.6 is 0 Å². The first-order valence-corrected chi connectivity index (χ1v) is 5.20. The minimum atomic E-state index is -0.483. The van der Waals surface area contributed by atoms with Crippen molar-refractivity contribution in [1.82, 2.24) is 0 Å². The number of hydrogen-bond acceptors (Lipinski definition) is 5. The van der Waals surface area contributed by atoms with Gasteiger partial charge in [-0.2, -0.15) is 0 Å². The number of nitrogens with zero attached hydrogens (tertiary/aromatic N) is 4. The molecule has 0 bridgehead atoms. The summed E-state index contributed by atoms with van der Waals surface area (Å²) in [6.07, 6.45) is 0. The molecular weight excluding hydrogens is 240 g/mol. The number of ether oxygens (including phenoxy) is 2. The zero-order chi connectivity index (χ0) is 13.2. The van der Waals surface area contributed by atoms with Crippen LogP contribution < -0.4 is 4.74 Å². The molecule has 0 aliphatic rings. The Bertz CT molecular complexity index is 445. The number of azide groups is 1. The average Bonchev–Trinajstić information content (AvgIpc) is 2.38. The van der Waals surface area contributed by atoms with E-state index in [1.807, 2.05) is 0 Å². The average molecular weight is 252 g/mol. The summed E-state index contributed by atoms with van der Waals surface area (Å²) < 4.78 is 10.4. The van der Waals surface area contributed by atoms with E-state index >= 15 is 0 Å². The molecule has 0 N–H and O–H groups in total. The molecule has 0 spiro atoms. The minimum Gasteiger partial charge on any atom is -0.491 e. The van der Waals surface area contributed by atoms with Gasteiger partial charge in [-0.1, -0.05) is 11.2 Å². The topological polar surface area (TPSA) is 110 Å². The van der Waals surface area contributed by atoms with Gasteiger partial charge >= 0.3 is 0 Å². The fraction of sp³-hybridized carbons (Fsp3) is 0.400. The molecule has 0 atom stereocenters. The molecule has 1 aromatic rings. The van der Waals surface area contributed by atoms with Crippen LogP contribution in [0.1, 0.15) is 0 Å². The first-order chi connectivity index (χ1) is 8.74. The number of hydrogen-bond donors (Lipinski definition) is 0. The highest BCUT2D eigenvalue weighted by Gasteiger charge is 2.05. The van der Waals surface area contributed by atoms with Gasteiger partial charge in [-0.25, -0.2) is 0 Å². The summed E-state index contributed by atoms with van der Waals surface area (Å²) >= 11 is 0. The molecule has 0 aliphatic heterocycles. The van der Waals surface area contributed by atoms with Crippen molar-refractivity contribution in [1.29, 1.82) is 0 Å². The number of nitro groups is 1. The van der Waals surface area contributed by atoms with Gasteiger partial charge < -0.3 is 9.47 Å². The van der Waals surface area contributed by atoms with E-state index in [0.717, 1.165) is 0 Å². The lowest BCUT2D eigenvalue weighted by Gasteiger charge is -2.06. The van der Waals surface area contributed by atoms with E-state index in [9.17, 15) is 10.1 Å². The van der Waals surface area contributed by atoms with Gasteiger partial charge in [0.25, 0.3) is 5.69 Å². The molecule has 1 aromatic carbocycles. The van der Waals surface area contributed by atoms with Crippen molar-refractivity contribution in [2.24, 2.45) is 5.11 Å². The normalized spacial score (nSPS) is 9.56. The summed E-state index contributed by atoms with van der Waals surface area (Å²) in [6, 6.07) is 5.92. The van der Waals surface area contributed by atoms with Crippen LogP contribution in [0.3, 0.4) is 0 Å². The van der Waals surface area contributed by atoms with Crippen LogP contribution in [0, 0.1) is 10.1 Å². The van der Waals surface area contributed by atoms with Gasteiger partial charge in [0.2, 0.25) is 0 Å². The van der Waals surface area contributed by atoms with Gasteiger partial charge in [-0.15, -0.1) is 0 Å². The van der Waals surface area contributed by atoms with Gasteiger partial charge in [0.1, 0.15) is 12.4 Å². The molecule has 0 unspecified atom stereocenters. The number of rotatable bonds is 8. The standard InChI is InChI=1S/C10H12N4O4/c11-13-12-4-5-17-6-7-18-10-3-1-2-9(8-10)14(15)16/h1-3,8H,4-7H2. The molecule has 8 nitrogen and oxygen atoms in total. The highest BCUT2D eigenvalue weighted by Crippen LogP contribution is 2.18. The third-order valence-corrected chi connectivity index (χ3v) is 1.92. The second kappa shape index (κ2) is 7.88. The lowest BCUT2D eigenvalue weighted by Crippen LogP contribution is -2.08. The quantitative estimate of drug-likeness (QED) is 0.176. The van der Waals surface area contributed by atoms with Gasteiger partial charge in [-0.05, 0) is 11.6 Å². The van der Waals surface area contributed by atoms with E-state index in [4.69, 9.17) is 15.0 Å². The molecule has 0 saturated carbocycles. The van der Waals surface area contributed by atoms with Crippen LogP contribution in [0.2, 0.25) is 0 Å². The minimum absolute atomic E-state index is 0.0169. The molecule has 96 valence electrons. The maximum absolute atomic E-state index is 10.5. The largest absolute Gasteiger partial charge is 0.491 e. The molecule has 0 heterocycles. The highest BCUT2D eigenvalue weighted by molar-refractivity contribution is 5.37. The van der Waals surface area contributed by atoms with Gasteiger partial charge in [-0.3, -0.25) is 10.1 Å².